The van der Waals surface area contributed by atoms with Crippen LogP contribution in [0.3, 0.4) is 0 Å². The van der Waals surface area contributed by atoms with Gasteiger partial charge in [0.05, 0.1) is 18.2 Å². The van der Waals surface area contributed by atoms with Gasteiger partial charge in [0.25, 0.3) is 0 Å². The van der Waals surface area contributed by atoms with Gasteiger partial charge in [0.15, 0.2) is 0 Å². The number of aromatic nitrogens is 2. The maximum atomic E-state index is 13.3. The molecule has 0 bridgehead atoms. The van der Waals surface area contributed by atoms with Crippen LogP contribution in [0.5, 0.6) is 0 Å². The van der Waals surface area contributed by atoms with Crippen molar-refractivity contribution in [3.63, 3.8) is 0 Å². The number of nitrogen functional groups attached to an aromatic ring is 1. The van der Waals surface area contributed by atoms with E-state index in [0.29, 0.717) is 12.2 Å². The lowest BCUT2D eigenvalue weighted by molar-refractivity contribution is -0.131. The summed E-state index contributed by atoms with van der Waals surface area (Å²) in [6, 6.07) is 11.8. The van der Waals surface area contributed by atoms with Gasteiger partial charge in [-0.25, -0.2) is 18.7 Å². The van der Waals surface area contributed by atoms with Gasteiger partial charge in [-0.05, 0) is 48.2 Å². The molecule has 0 radical (unpaired) electrons. The second-order valence-corrected chi connectivity index (χ2v) is 7.08. The predicted molar refractivity (Wildman–Crippen MR) is 106 cm³/mol. The molecule has 1 amide bonds. The van der Waals surface area contributed by atoms with Crippen LogP contribution >= 0.6 is 0 Å². The largest absolute Gasteiger partial charge is 0.368 e. The summed E-state index contributed by atoms with van der Waals surface area (Å²) in [5, 5.41) is 0. The third kappa shape index (κ3) is 4.08. The number of nitrogens with zero attached hydrogens (tertiary/aromatic N) is 3. The van der Waals surface area contributed by atoms with Crippen LogP contribution in [0.1, 0.15) is 30.1 Å². The highest BCUT2D eigenvalue weighted by molar-refractivity contribution is 5.80. The van der Waals surface area contributed by atoms with Gasteiger partial charge in [-0.3, -0.25) is 4.79 Å². The third-order valence-corrected chi connectivity index (χ3v) is 5.15. The standard InChI is InChI=1S/C22H20F2N4O/c23-16-7-3-14(4-8-16)12-20(29)28-11-1-2-19(28)21-18(13-26-22(25)27-21)15-5-9-17(24)10-6-15/h3-10,13,19H,1-2,11-12H2,(H2,25,26,27)/t19-/m0/s1. The molecule has 1 saturated heterocycles. The van der Waals surface area contributed by atoms with Crippen molar-refractivity contribution in [2.45, 2.75) is 25.3 Å². The summed E-state index contributed by atoms with van der Waals surface area (Å²) >= 11 is 0. The topological polar surface area (TPSA) is 72.1 Å². The molecule has 1 fully saturated rings. The Bertz CT molecular complexity index is 1020. The van der Waals surface area contributed by atoms with Crippen molar-refractivity contribution in [3.05, 3.63) is 77.6 Å². The van der Waals surface area contributed by atoms with Gasteiger partial charge in [-0.15, -0.1) is 0 Å². The molecule has 1 atom stereocenters. The molecule has 7 heteroatoms. The van der Waals surface area contributed by atoms with Crippen LogP contribution in [0.2, 0.25) is 0 Å². The van der Waals surface area contributed by atoms with Crippen LogP contribution in [0.15, 0.2) is 54.7 Å². The summed E-state index contributed by atoms with van der Waals surface area (Å²) in [5.41, 5.74) is 8.74. The number of anilines is 1. The summed E-state index contributed by atoms with van der Waals surface area (Å²) in [7, 11) is 0. The van der Waals surface area contributed by atoms with Gasteiger partial charge in [0.1, 0.15) is 11.6 Å². The SMILES string of the molecule is Nc1ncc(-c2ccc(F)cc2)c([C@@H]2CCCN2C(=O)Cc2ccc(F)cc2)n1. The maximum Gasteiger partial charge on any atom is 0.227 e. The molecule has 4 rings (SSSR count). The molecule has 1 aliphatic rings. The van der Waals surface area contributed by atoms with Crippen LogP contribution in [0, 0.1) is 11.6 Å². The first-order valence-corrected chi connectivity index (χ1v) is 9.43. The van der Waals surface area contributed by atoms with E-state index in [9.17, 15) is 13.6 Å². The van der Waals surface area contributed by atoms with Crippen LogP contribution in [-0.2, 0) is 11.2 Å². The molecule has 0 unspecified atom stereocenters. The van der Waals surface area contributed by atoms with Crippen molar-refractivity contribution >= 4 is 11.9 Å². The fourth-order valence-electron chi connectivity index (χ4n) is 3.74. The molecule has 2 aromatic carbocycles. The Kier molecular flexibility index (Phi) is 5.20. The van der Waals surface area contributed by atoms with E-state index in [2.05, 4.69) is 9.97 Å². The molecular weight excluding hydrogens is 374 g/mol. The molecule has 0 aliphatic carbocycles. The zero-order chi connectivity index (χ0) is 20.4. The Hall–Kier alpha value is -3.35. The molecular formula is C22H20F2N4O. The van der Waals surface area contributed by atoms with E-state index in [0.717, 1.165) is 29.5 Å². The first kappa shape index (κ1) is 19.0. The zero-order valence-corrected chi connectivity index (χ0v) is 15.7. The lowest BCUT2D eigenvalue weighted by Crippen LogP contribution is -2.32. The van der Waals surface area contributed by atoms with Gasteiger partial charge in [-0.1, -0.05) is 24.3 Å². The van der Waals surface area contributed by atoms with Gasteiger partial charge < -0.3 is 10.6 Å². The Labute approximate surface area is 167 Å². The fourth-order valence-corrected chi connectivity index (χ4v) is 3.74. The van der Waals surface area contributed by atoms with Crippen LogP contribution in [0.25, 0.3) is 11.1 Å². The summed E-state index contributed by atoms with van der Waals surface area (Å²) in [6.45, 7) is 0.609. The number of likely N-dealkylation sites (tertiary alicyclic amines) is 1. The lowest BCUT2D eigenvalue weighted by atomic mass is 9.99. The van der Waals surface area contributed by atoms with Gasteiger partial charge >= 0.3 is 0 Å². The third-order valence-electron chi connectivity index (χ3n) is 5.15. The quantitative estimate of drug-likeness (QED) is 0.728. The Morgan fingerprint density at radius 3 is 2.41 bits per heavy atom. The summed E-state index contributed by atoms with van der Waals surface area (Å²) in [6.07, 6.45) is 3.39. The van der Waals surface area contributed by atoms with Crippen LogP contribution in [0.4, 0.5) is 14.7 Å². The first-order chi connectivity index (χ1) is 14.0. The van der Waals surface area contributed by atoms with Crippen molar-refractivity contribution in [2.75, 3.05) is 12.3 Å². The number of hydrogen-bond donors (Lipinski definition) is 1. The highest BCUT2D eigenvalue weighted by Gasteiger charge is 2.33. The second-order valence-electron chi connectivity index (χ2n) is 7.08. The Morgan fingerprint density at radius 1 is 1.07 bits per heavy atom. The summed E-state index contributed by atoms with van der Waals surface area (Å²) < 4.78 is 26.5. The van der Waals surface area contributed by atoms with Gasteiger partial charge in [0.2, 0.25) is 11.9 Å². The minimum Gasteiger partial charge on any atom is -0.368 e. The van der Waals surface area contributed by atoms with E-state index in [-0.39, 0.29) is 36.0 Å². The van der Waals surface area contributed by atoms with E-state index in [1.807, 2.05) is 0 Å². The van der Waals surface area contributed by atoms with Crippen molar-refractivity contribution < 1.29 is 13.6 Å². The van der Waals surface area contributed by atoms with Crippen molar-refractivity contribution in [2.24, 2.45) is 0 Å². The monoisotopic (exact) mass is 394 g/mol. The predicted octanol–water partition coefficient (Wildman–Crippen LogP) is 3.91. The number of carbonyl (C=O) groups excluding carboxylic acids is 1. The number of carbonyl (C=O) groups is 1. The highest BCUT2D eigenvalue weighted by Crippen LogP contribution is 2.37. The number of hydrogen-bond acceptors (Lipinski definition) is 4. The summed E-state index contributed by atoms with van der Waals surface area (Å²) in [4.78, 5) is 23.3. The number of rotatable bonds is 4. The van der Waals surface area contributed by atoms with Crippen molar-refractivity contribution in [1.29, 1.82) is 0 Å². The molecule has 5 nitrogen and oxygen atoms in total. The minimum atomic E-state index is -0.333. The van der Waals surface area contributed by atoms with E-state index < -0.39 is 0 Å². The highest BCUT2D eigenvalue weighted by atomic mass is 19.1. The van der Waals surface area contributed by atoms with Gasteiger partial charge in [0, 0.05) is 18.3 Å². The second kappa shape index (κ2) is 7.95. The minimum absolute atomic E-state index is 0.0543. The number of benzene rings is 2. The summed E-state index contributed by atoms with van der Waals surface area (Å²) in [5.74, 6) is -0.589. The molecule has 0 spiro atoms. The smallest absolute Gasteiger partial charge is 0.227 e. The van der Waals surface area contributed by atoms with E-state index in [4.69, 9.17) is 5.73 Å². The lowest BCUT2D eigenvalue weighted by Gasteiger charge is -2.26. The number of halogens is 2. The molecule has 29 heavy (non-hydrogen) atoms. The van der Waals surface area contributed by atoms with Crippen LogP contribution < -0.4 is 5.73 Å². The van der Waals surface area contributed by atoms with Crippen LogP contribution in [-0.4, -0.2) is 27.3 Å². The molecule has 148 valence electrons. The molecule has 3 aromatic rings. The Morgan fingerprint density at radius 2 is 1.72 bits per heavy atom. The van der Waals surface area contributed by atoms with Crippen molar-refractivity contribution in [1.82, 2.24) is 14.9 Å². The maximum absolute atomic E-state index is 13.3. The fraction of sp³-hybridized carbons (Fsp3) is 0.227. The first-order valence-electron chi connectivity index (χ1n) is 9.43. The molecule has 2 heterocycles. The van der Waals surface area contributed by atoms with E-state index in [1.54, 1.807) is 35.4 Å². The van der Waals surface area contributed by atoms with Crippen molar-refractivity contribution in [3.8, 4) is 11.1 Å². The number of amides is 1. The Balaban J connectivity index is 1.64. The van der Waals surface area contributed by atoms with E-state index in [1.165, 1.54) is 24.3 Å². The molecule has 1 aliphatic heterocycles. The normalized spacial score (nSPS) is 16.2. The molecule has 0 saturated carbocycles. The number of nitrogens with two attached hydrogens (primary N) is 1. The average Bonchev–Trinajstić information content (AvgIpc) is 3.20. The van der Waals surface area contributed by atoms with Gasteiger partial charge in [-0.2, -0.15) is 0 Å². The average molecular weight is 394 g/mol. The zero-order valence-electron chi connectivity index (χ0n) is 15.7. The van der Waals surface area contributed by atoms with E-state index >= 15 is 0 Å². The molecule has 2 N–H and O–H groups in total. The molecule has 1 aromatic heterocycles.